The Morgan fingerprint density at radius 1 is 1.50 bits per heavy atom. The Bertz CT molecular complexity index is 503. The van der Waals surface area contributed by atoms with Gasteiger partial charge in [0.1, 0.15) is 11.7 Å². The molecular weight excluding hydrogens is 174 g/mol. The molecule has 14 heavy (non-hydrogen) atoms. The van der Waals surface area contributed by atoms with Crippen LogP contribution in [0.15, 0.2) is 24.5 Å². The minimum Gasteiger partial charge on any atom is -0.329 e. The predicted molar refractivity (Wildman–Crippen MR) is 54.8 cm³/mol. The molecule has 0 amide bonds. The van der Waals surface area contributed by atoms with Crippen LogP contribution in [0.25, 0.3) is 11.0 Å². The summed E-state index contributed by atoms with van der Waals surface area (Å²) in [5.41, 5.74) is 1.58. The van der Waals surface area contributed by atoms with Crippen LogP contribution in [0.5, 0.6) is 0 Å². The van der Waals surface area contributed by atoms with Crippen molar-refractivity contribution in [3.8, 4) is 6.07 Å². The lowest BCUT2D eigenvalue weighted by Crippen LogP contribution is -1.99. The van der Waals surface area contributed by atoms with Gasteiger partial charge in [-0.2, -0.15) is 5.26 Å². The molecule has 0 fully saturated rings. The van der Waals surface area contributed by atoms with Crippen molar-refractivity contribution in [2.24, 2.45) is 0 Å². The molecule has 0 N–H and O–H groups in total. The Kier molecular flexibility index (Phi) is 1.97. The molecule has 0 aliphatic rings. The van der Waals surface area contributed by atoms with Crippen molar-refractivity contribution >= 4 is 11.0 Å². The van der Waals surface area contributed by atoms with Gasteiger partial charge >= 0.3 is 0 Å². The summed E-state index contributed by atoms with van der Waals surface area (Å²) in [5.74, 6) is 0. The molecule has 2 rings (SSSR count). The van der Waals surface area contributed by atoms with Gasteiger partial charge in [0, 0.05) is 23.8 Å². The first kappa shape index (κ1) is 8.76. The monoisotopic (exact) mass is 185 g/mol. The van der Waals surface area contributed by atoms with Gasteiger partial charge in [-0.05, 0) is 26.0 Å². The molecule has 2 aromatic rings. The fraction of sp³-hybridized carbons (Fsp3) is 0.273. The van der Waals surface area contributed by atoms with Crippen molar-refractivity contribution in [1.82, 2.24) is 9.55 Å². The topological polar surface area (TPSA) is 41.6 Å². The van der Waals surface area contributed by atoms with Crippen molar-refractivity contribution in [3.05, 3.63) is 30.1 Å². The van der Waals surface area contributed by atoms with E-state index in [-0.39, 0.29) is 0 Å². The van der Waals surface area contributed by atoms with E-state index in [1.165, 1.54) is 0 Å². The molecule has 0 spiro atoms. The van der Waals surface area contributed by atoms with E-state index in [0.717, 1.165) is 11.0 Å². The number of nitrogens with zero attached hydrogens (tertiary/aromatic N) is 3. The van der Waals surface area contributed by atoms with Gasteiger partial charge in [-0.15, -0.1) is 0 Å². The highest BCUT2D eigenvalue weighted by molar-refractivity contribution is 5.83. The SMILES string of the molecule is CC(C)n1cc(C#N)c2cccnc21. The average Bonchev–Trinajstić information content (AvgIpc) is 2.56. The molecule has 0 unspecified atom stereocenters. The fourth-order valence-corrected chi connectivity index (χ4v) is 1.57. The lowest BCUT2D eigenvalue weighted by molar-refractivity contribution is 0.617. The highest BCUT2D eigenvalue weighted by Crippen LogP contribution is 2.21. The number of hydrogen-bond acceptors (Lipinski definition) is 2. The van der Waals surface area contributed by atoms with E-state index in [2.05, 4.69) is 24.9 Å². The van der Waals surface area contributed by atoms with Crippen molar-refractivity contribution in [1.29, 1.82) is 5.26 Å². The third-order valence-corrected chi connectivity index (χ3v) is 2.27. The van der Waals surface area contributed by atoms with Crippen LogP contribution >= 0.6 is 0 Å². The van der Waals surface area contributed by atoms with Gasteiger partial charge < -0.3 is 4.57 Å². The second kappa shape index (κ2) is 3.15. The molecular formula is C11H11N3. The molecule has 0 saturated heterocycles. The molecule has 70 valence electrons. The number of aromatic nitrogens is 2. The molecule has 0 atom stereocenters. The summed E-state index contributed by atoms with van der Waals surface area (Å²) in [4.78, 5) is 4.28. The Labute approximate surface area is 82.6 Å². The lowest BCUT2D eigenvalue weighted by atomic mass is 10.2. The molecule has 2 heterocycles. The highest BCUT2D eigenvalue weighted by Gasteiger charge is 2.09. The number of pyridine rings is 1. The van der Waals surface area contributed by atoms with E-state index in [4.69, 9.17) is 5.26 Å². The van der Waals surface area contributed by atoms with Crippen LogP contribution in [-0.2, 0) is 0 Å². The van der Waals surface area contributed by atoms with Gasteiger partial charge in [-0.25, -0.2) is 4.98 Å². The second-order valence-corrected chi connectivity index (χ2v) is 3.53. The molecule has 0 aliphatic carbocycles. The van der Waals surface area contributed by atoms with Gasteiger partial charge in [0.15, 0.2) is 0 Å². The van der Waals surface area contributed by atoms with Crippen LogP contribution in [0.2, 0.25) is 0 Å². The van der Waals surface area contributed by atoms with Crippen LogP contribution in [0.3, 0.4) is 0 Å². The van der Waals surface area contributed by atoms with Crippen molar-refractivity contribution in [2.75, 3.05) is 0 Å². The second-order valence-electron chi connectivity index (χ2n) is 3.53. The maximum Gasteiger partial charge on any atom is 0.141 e. The predicted octanol–water partition coefficient (Wildman–Crippen LogP) is 2.49. The van der Waals surface area contributed by atoms with E-state index in [1.54, 1.807) is 6.20 Å². The van der Waals surface area contributed by atoms with Gasteiger partial charge in [-0.1, -0.05) is 0 Å². The van der Waals surface area contributed by atoms with Crippen LogP contribution in [0.1, 0.15) is 25.5 Å². The molecule has 3 heteroatoms. The Morgan fingerprint density at radius 3 is 2.93 bits per heavy atom. The quantitative estimate of drug-likeness (QED) is 0.684. The number of nitriles is 1. The van der Waals surface area contributed by atoms with Crippen molar-refractivity contribution in [3.63, 3.8) is 0 Å². The zero-order valence-electron chi connectivity index (χ0n) is 8.23. The summed E-state index contributed by atoms with van der Waals surface area (Å²) in [6.45, 7) is 4.16. The normalized spacial score (nSPS) is 10.7. The minimum absolute atomic E-state index is 0.328. The van der Waals surface area contributed by atoms with Crippen LogP contribution in [0.4, 0.5) is 0 Å². The minimum atomic E-state index is 0.328. The summed E-state index contributed by atoms with van der Waals surface area (Å²) < 4.78 is 2.02. The van der Waals surface area contributed by atoms with Gasteiger partial charge in [-0.3, -0.25) is 0 Å². The van der Waals surface area contributed by atoms with Crippen LogP contribution in [-0.4, -0.2) is 9.55 Å². The van der Waals surface area contributed by atoms with E-state index >= 15 is 0 Å². The first-order valence-corrected chi connectivity index (χ1v) is 4.59. The third-order valence-electron chi connectivity index (χ3n) is 2.27. The maximum absolute atomic E-state index is 8.94. The molecule has 0 saturated carbocycles. The molecule has 0 aromatic carbocycles. The maximum atomic E-state index is 8.94. The molecule has 0 aliphatic heterocycles. The number of fused-ring (bicyclic) bond motifs is 1. The van der Waals surface area contributed by atoms with E-state index < -0.39 is 0 Å². The van der Waals surface area contributed by atoms with Crippen LogP contribution in [0, 0.1) is 11.3 Å². The molecule has 2 aromatic heterocycles. The first-order chi connectivity index (χ1) is 6.74. The van der Waals surface area contributed by atoms with E-state index in [1.807, 2.05) is 22.9 Å². The molecule has 3 nitrogen and oxygen atoms in total. The number of rotatable bonds is 1. The Balaban J connectivity index is 2.82. The van der Waals surface area contributed by atoms with Gasteiger partial charge in [0.2, 0.25) is 0 Å². The Morgan fingerprint density at radius 2 is 2.29 bits per heavy atom. The van der Waals surface area contributed by atoms with Crippen LogP contribution < -0.4 is 0 Å². The smallest absolute Gasteiger partial charge is 0.141 e. The summed E-state index contributed by atoms with van der Waals surface area (Å²) >= 11 is 0. The third kappa shape index (κ3) is 1.16. The standard InChI is InChI=1S/C11H11N3/c1-8(2)14-7-9(6-12)10-4-3-5-13-11(10)14/h3-5,7-8H,1-2H3. The summed E-state index contributed by atoms with van der Waals surface area (Å²) in [6.07, 6.45) is 3.62. The van der Waals surface area contributed by atoms with Gasteiger partial charge in [0.05, 0.1) is 5.56 Å². The number of hydrogen-bond donors (Lipinski definition) is 0. The zero-order valence-corrected chi connectivity index (χ0v) is 8.23. The van der Waals surface area contributed by atoms with E-state index in [0.29, 0.717) is 11.6 Å². The largest absolute Gasteiger partial charge is 0.329 e. The molecule has 0 bridgehead atoms. The zero-order chi connectivity index (χ0) is 10.1. The highest BCUT2D eigenvalue weighted by atomic mass is 15.0. The van der Waals surface area contributed by atoms with E-state index in [9.17, 15) is 0 Å². The summed E-state index contributed by atoms with van der Waals surface area (Å²) in [6, 6.07) is 6.30. The summed E-state index contributed by atoms with van der Waals surface area (Å²) in [5, 5.41) is 9.87. The van der Waals surface area contributed by atoms with Crippen molar-refractivity contribution in [2.45, 2.75) is 19.9 Å². The molecule has 0 radical (unpaired) electrons. The first-order valence-electron chi connectivity index (χ1n) is 4.59. The van der Waals surface area contributed by atoms with Crippen molar-refractivity contribution < 1.29 is 0 Å². The Hall–Kier alpha value is -1.82. The average molecular weight is 185 g/mol. The summed E-state index contributed by atoms with van der Waals surface area (Å²) in [7, 11) is 0. The lowest BCUT2D eigenvalue weighted by Gasteiger charge is -2.07. The van der Waals surface area contributed by atoms with Gasteiger partial charge in [0.25, 0.3) is 0 Å². The fourth-order valence-electron chi connectivity index (χ4n) is 1.57.